The van der Waals surface area contributed by atoms with Crippen molar-refractivity contribution in [1.29, 1.82) is 0 Å². The van der Waals surface area contributed by atoms with Crippen LogP contribution in [0, 0.1) is 0 Å². The highest BCUT2D eigenvalue weighted by Crippen LogP contribution is 2.17. The summed E-state index contributed by atoms with van der Waals surface area (Å²) in [4.78, 5) is 12.1. The van der Waals surface area contributed by atoms with Crippen LogP contribution in [0.3, 0.4) is 0 Å². The zero-order valence-corrected chi connectivity index (χ0v) is 14.2. The van der Waals surface area contributed by atoms with Crippen molar-refractivity contribution in [3.8, 4) is 0 Å². The van der Waals surface area contributed by atoms with E-state index in [2.05, 4.69) is 57.5 Å². The maximum absolute atomic E-state index is 12.1. The molecule has 23 heavy (non-hydrogen) atoms. The number of halogens is 1. The van der Waals surface area contributed by atoms with Gasteiger partial charge in [0.05, 0.1) is 12.7 Å². The minimum Gasteiger partial charge on any atom is -0.444 e. The van der Waals surface area contributed by atoms with Crippen molar-refractivity contribution in [3.05, 3.63) is 70.2 Å². The fraction of sp³-hybridized carbons (Fsp3) is 0.176. The number of hydrogen-bond donors (Lipinski definition) is 1. The van der Waals surface area contributed by atoms with Crippen LogP contribution in [-0.2, 0) is 13.0 Å². The molecule has 2 heterocycles. The van der Waals surface area contributed by atoms with Crippen molar-refractivity contribution in [3.63, 3.8) is 0 Å². The summed E-state index contributed by atoms with van der Waals surface area (Å²) in [6.45, 7) is 2.72. The number of furan rings is 1. The van der Waals surface area contributed by atoms with Gasteiger partial charge in [0.25, 0.3) is 5.91 Å². The molecule has 1 aromatic carbocycles. The molecule has 0 aliphatic carbocycles. The third-order valence-electron chi connectivity index (χ3n) is 3.52. The Balaban J connectivity index is 1.72. The molecule has 0 unspecified atom stereocenters. The Morgan fingerprint density at radius 1 is 1.17 bits per heavy atom. The van der Waals surface area contributed by atoms with E-state index in [1.165, 1.54) is 5.56 Å². The largest absolute Gasteiger partial charge is 0.444 e. The van der Waals surface area contributed by atoms with E-state index in [1.807, 2.05) is 0 Å². The number of nitrogens with zero attached hydrogens (tertiary/aromatic N) is 2. The molecule has 3 rings (SSSR count). The summed E-state index contributed by atoms with van der Waals surface area (Å²) in [7, 11) is 0. The van der Waals surface area contributed by atoms with E-state index >= 15 is 0 Å². The number of aryl methyl sites for hydroxylation is 1. The van der Waals surface area contributed by atoms with Gasteiger partial charge in [-0.05, 0) is 45.6 Å². The van der Waals surface area contributed by atoms with Gasteiger partial charge in [0.1, 0.15) is 5.82 Å². The summed E-state index contributed by atoms with van der Waals surface area (Å²) in [5.41, 5.74) is 2.42. The van der Waals surface area contributed by atoms with Crippen LogP contribution in [0.15, 0.2) is 57.7 Å². The van der Waals surface area contributed by atoms with E-state index in [0.29, 0.717) is 17.0 Å². The average Bonchev–Trinajstić information content (AvgIpc) is 3.17. The van der Waals surface area contributed by atoms with E-state index in [0.717, 1.165) is 12.0 Å². The summed E-state index contributed by atoms with van der Waals surface area (Å²) in [6, 6.07) is 13.4. The summed E-state index contributed by atoms with van der Waals surface area (Å²) < 4.78 is 7.52. The number of aromatic nitrogens is 2. The van der Waals surface area contributed by atoms with Gasteiger partial charge in [0.2, 0.25) is 0 Å². The lowest BCUT2D eigenvalue weighted by atomic mass is 10.1. The molecular weight excluding hydrogens is 358 g/mol. The number of carbonyl (C=O) groups excluding carboxylic acids is 1. The van der Waals surface area contributed by atoms with Gasteiger partial charge in [-0.25, -0.2) is 4.68 Å². The smallest absolute Gasteiger partial charge is 0.292 e. The number of anilines is 1. The molecule has 0 aliphatic rings. The number of hydrogen-bond acceptors (Lipinski definition) is 3. The molecule has 5 nitrogen and oxygen atoms in total. The molecule has 3 aromatic rings. The standard InChI is InChI=1S/C17H16BrN3O2/c1-2-12-3-5-13(6-4-12)11-21-16(9-10-19-21)20-17(22)14-7-8-15(18)23-14/h3-10H,2,11H2,1H3,(H,20,22). The van der Waals surface area contributed by atoms with Crippen molar-refractivity contribution in [2.45, 2.75) is 19.9 Å². The molecule has 0 aliphatic heterocycles. The van der Waals surface area contributed by atoms with E-state index in [9.17, 15) is 4.79 Å². The van der Waals surface area contributed by atoms with Crippen LogP contribution in [0.1, 0.15) is 28.6 Å². The minimum absolute atomic E-state index is 0.247. The normalized spacial score (nSPS) is 10.7. The first kappa shape index (κ1) is 15.6. The topological polar surface area (TPSA) is 60.1 Å². The molecule has 6 heteroatoms. The summed E-state index contributed by atoms with van der Waals surface area (Å²) in [5, 5.41) is 7.08. The molecule has 0 atom stereocenters. The Bertz CT molecular complexity index is 805. The van der Waals surface area contributed by atoms with E-state index in [-0.39, 0.29) is 11.7 Å². The van der Waals surface area contributed by atoms with Gasteiger partial charge in [0.15, 0.2) is 10.4 Å². The molecule has 0 saturated heterocycles. The second kappa shape index (κ2) is 6.83. The van der Waals surface area contributed by atoms with E-state index in [4.69, 9.17) is 4.42 Å². The zero-order chi connectivity index (χ0) is 16.2. The van der Waals surface area contributed by atoms with E-state index in [1.54, 1.807) is 29.1 Å². The number of amides is 1. The third-order valence-corrected chi connectivity index (χ3v) is 3.94. The van der Waals surface area contributed by atoms with E-state index < -0.39 is 0 Å². The Kier molecular flexibility index (Phi) is 4.62. The zero-order valence-electron chi connectivity index (χ0n) is 12.6. The van der Waals surface area contributed by atoms with Crippen LogP contribution >= 0.6 is 15.9 Å². The summed E-state index contributed by atoms with van der Waals surface area (Å²) in [6.07, 6.45) is 2.68. The molecular formula is C17H16BrN3O2. The monoisotopic (exact) mass is 373 g/mol. The Hall–Kier alpha value is -2.34. The van der Waals surface area contributed by atoms with Gasteiger partial charge in [-0.2, -0.15) is 5.10 Å². The first-order valence-corrected chi connectivity index (χ1v) is 8.11. The first-order chi connectivity index (χ1) is 11.2. The van der Waals surface area contributed by atoms with Crippen molar-refractivity contribution in [1.82, 2.24) is 9.78 Å². The Morgan fingerprint density at radius 3 is 2.57 bits per heavy atom. The van der Waals surface area contributed by atoms with Gasteiger partial charge in [-0.3, -0.25) is 4.79 Å². The van der Waals surface area contributed by atoms with Crippen LogP contribution < -0.4 is 5.32 Å². The third kappa shape index (κ3) is 3.71. The molecule has 0 spiro atoms. The van der Waals surface area contributed by atoms with Crippen molar-refractivity contribution >= 4 is 27.7 Å². The highest BCUT2D eigenvalue weighted by atomic mass is 79.9. The number of carbonyl (C=O) groups is 1. The molecule has 0 radical (unpaired) electrons. The Morgan fingerprint density at radius 2 is 1.91 bits per heavy atom. The molecule has 0 saturated carbocycles. The Labute approximate surface area is 142 Å². The highest BCUT2D eigenvalue weighted by molar-refractivity contribution is 9.10. The van der Waals surface area contributed by atoms with Crippen molar-refractivity contribution in [2.24, 2.45) is 0 Å². The highest BCUT2D eigenvalue weighted by Gasteiger charge is 2.13. The molecule has 0 bridgehead atoms. The number of nitrogens with one attached hydrogen (secondary N) is 1. The van der Waals surface area contributed by atoms with Crippen LogP contribution in [0.2, 0.25) is 0 Å². The molecule has 118 valence electrons. The molecule has 1 amide bonds. The van der Waals surface area contributed by atoms with Crippen LogP contribution in [0.5, 0.6) is 0 Å². The van der Waals surface area contributed by atoms with Crippen molar-refractivity contribution < 1.29 is 9.21 Å². The predicted octanol–water partition coefficient (Wildman–Crippen LogP) is 4.10. The number of benzene rings is 1. The predicted molar refractivity (Wildman–Crippen MR) is 91.5 cm³/mol. The average molecular weight is 374 g/mol. The lowest BCUT2D eigenvalue weighted by Gasteiger charge is -2.09. The maximum atomic E-state index is 12.1. The quantitative estimate of drug-likeness (QED) is 0.732. The van der Waals surface area contributed by atoms with Gasteiger partial charge < -0.3 is 9.73 Å². The number of rotatable bonds is 5. The fourth-order valence-corrected chi connectivity index (χ4v) is 2.54. The summed E-state index contributed by atoms with van der Waals surface area (Å²) in [5.74, 6) is 0.567. The summed E-state index contributed by atoms with van der Waals surface area (Å²) >= 11 is 3.18. The maximum Gasteiger partial charge on any atom is 0.292 e. The second-order valence-electron chi connectivity index (χ2n) is 5.10. The fourth-order valence-electron chi connectivity index (χ4n) is 2.23. The van der Waals surface area contributed by atoms with Crippen LogP contribution in [-0.4, -0.2) is 15.7 Å². The SMILES string of the molecule is CCc1ccc(Cn2nccc2NC(=O)c2ccc(Br)o2)cc1. The molecule has 1 N–H and O–H groups in total. The van der Waals surface area contributed by atoms with Crippen LogP contribution in [0.4, 0.5) is 5.82 Å². The van der Waals surface area contributed by atoms with Gasteiger partial charge >= 0.3 is 0 Å². The second-order valence-corrected chi connectivity index (χ2v) is 5.88. The van der Waals surface area contributed by atoms with Gasteiger partial charge in [-0.1, -0.05) is 31.2 Å². The molecule has 0 fully saturated rings. The lowest BCUT2D eigenvalue weighted by Crippen LogP contribution is -2.15. The van der Waals surface area contributed by atoms with Gasteiger partial charge in [-0.15, -0.1) is 0 Å². The van der Waals surface area contributed by atoms with Crippen LogP contribution in [0.25, 0.3) is 0 Å². The van der Waals surface area contributed by atoms with Gasteiger partial charge in [0, 0.05) is 6.07 Å². The minimum atomic E-state index is -0.307. The lowest BCUT2D eigenvalue weighted by molar-refractivity contribution is 0.0994. The first-order valence-electron chi connectivity index (χ1n) is 7.32. The van der Waals surface area contributed by atoms with Crippen molar-refractivity contribution in [2.75, 3.05) is 5.32 Å². The molecule has 2 aromatic heterocycles.